The molecule has 0 saturated carbocycles. The number of piperazine rings is 1. The fraction of sp³-hybridized carbons (Fsp3) is 0.320. The summed E-state index contributed by atoms with van der Waals surface area (Å²) in [6.45, 7) is 8.05. The Labute approximate surface area is 194 Å². The van der Waals surface area contributed by atoms with E-state index in [2.05, 4.69) is 75.6 Å². The molecular formula is C25H29N5OS. The van der Waals surface area contributed by atoms with Gasteiger partial charge in [-0.1, -0.05) is 55.9 Å². The molecule has 1 N–H and O–H groups in total. The van der Waals surface area contributed by atoms with Gasteiger partial charge < -0.3 is 15.1 Å². The van der Waals surface area contributed by atoms with Gasteiger partial charge in [0.1, 0.15) is 5.03 Å². The molecule has 0 spiro atoms. The number of nitrogens with one attached hydrogen (secondary N) is 1. The van der Waals surface area contributed by atoms with E-state index in [1.807, 2.05) is 30.3 Å². The maximum absolute atomic E-state index is 12.3. The van der Waals surface area contributed by atoms with Crippen molar-refractivity contribution in [3.63, 3.8) is 0 Å². The Hall–Kier alpha value is -3.06. The molecule has 166 valence electrons. The van der Waals surface area contributed by atoms with E-state index >= 15 is 0 Å². The lowest BCUT2D eigenvalue weighted by atomic mass is 10.0. The smallest absolute Gasteiger partial charge is 0.234 e. The number of hydrogen-bond donors (Lipinski definition) is 1. The monoisotopic (exact) mass is 447 g/mol. The summed E-state index contributed by atoms with van der Waals surface area (Å²) in [5.41, 5.74) is 3.34. The molecule has 1 saturated heterocycles. The summed E-state index contributed by atoms with van der Waals surface area (Å²) >= 11 is 1.40. The van der Waals surface area contributed by atoms with Crippen LogP contribution in [0.2, 0.25) is 0 Å². The van der Waals surface area contributed by atoms with Crippen molar-refractivity contribution in [1.82, 2.24) is 10.2 Å². The van der Waals surface area contributed by atoms with Crippen LogP contribution in [0, 0.1) is 0 Å². The Morgan fingerprint density at radius 3 is 2.22 bits per heavy atom. The first-order valence-electron chi connectivity index (χ1n) is 11.0. The van der Waals surface area contributed by atoms with Crippen LogP contribution in [0.5, 0.6) is 0 Å². The van der Waals surface area contributed by atoms with Crippen LogP contribution in [0.4, 0.5) is 17.2 Å². The van der Waals surface area contributed by atoms with Crippen molar-refractivity contribution in [2.75, 3.05) is 47.0 Å². The lowest BCUT2D eigenvalue weighted by Gasteiger charge is -2.36. The van der Waals surface area contributed by atoms with Crippen LogP contribution in [0.1, 0.15) is 25.3 Å². The first kappa shape index (κ1) is 22.1. The SMILES string of the molecule is CC(C)c1ccc(NC(=O)CSc2ccc(N3CCN(c4ccccc4)CC3)nn2)cc1. The maximum atomic E-state index is 12.3. The summed E-state index contributed by atoms with van der Waals surface area (Å²) in [5, 5.41) is 12.4. The van der Waals surface area contributed by atoms with Crippen molar-refractivity contribution < 1.29 is 4.79 Å². The minimum absolute atomic E-state index is 0.0461. The zero-order valence-electron chi connectivity index (χ0n) is 18.6. The lowest BCUT2D eigenvalue weighted by molar-refractivity contribution is -0.113. The lowest BCUT2D eigenvalue weighted by Crippen LogP contribution is -2.46. The highest BCUT2D eigenvalue weighted by molar-refractivity contribution is 7.99. The largest absolute Gasteiger partial charge is 0.368 e. The van der Waals surface area contributed by atoms with Crippen molar-refractivity contribution in [3.8, 4) is 0 Å². The molecule has 1 fully saturated rings. The molecule has 1 aromatic heterocycles. The second kappa shape index (κ2) is 10.5. The number of benzene rings is 2. The molecule has 7 heteroatoms. The Balaban J connectivity index is 1.24. The summed E-state index contributed by atoms with van der Waals surface area (Å²) in [4.78, 5) is 16.9. The molecular weight excluding hydrogens is 418 g/mol. The number of amides is 1. The molecule has 0 aliphatic carbocycles. The fourth-order valence-electron chi connectivity index (χ4n) is 3.68. The maximum Gasteiger partial charge on any atom is 0.234 e. The van der Waals surface area contributed by atoms with Gasteiger partial charge >= 0.3 is 0 Å². The number of nitrogens with zero attached hydrogens (tertiary/aromatic N) is 4. The Morgan fingerprint density at radius 1 is 0.906 bits per heavy atom. The van der Waals surface area contributed by atoms with Gasteiger partial charge in [0.25, 0.3) is 0 Å². The number of para-hydroxylation sites is 1. The van der Waals surface area contributed by atoms with E-state index in [1.165, 1.54) is 23.0 Å². The van der Waals surface area contributed by atoms with Crippen LogP contribution in [0.25, 0.3) is 0 Å². The molecule has 1 aliphatic heterocycles. The van der Waals surface area contributed by atoms with Gasteiger partial charge in [-0.05, 0) is 47.9 Å². The normalized spacial score (nSPS) is 14.0. The molecule has 32 heavy (non-hydrogen) atoms. The molecule has 0 unspecified atom stereocenters. The van der Waals surface area contributed by atoms with Gasteiger partial charge in [0, 0.05) is 37.6 Å². The van der Waals surface area contributed by atoms with Crippen LogP contribution < -0.4 is 15.1 Å². The first-order valence-corrected chi connectivity index (χ1v) is 12.0. The third kappa shape index (κ3) is 5.79. The summed E-state index contributed by atoms with van der Waals surface area (Å²) in [6.07, 6.45) is 0. The fourth-order valence-corrected chi connectivity index (χ4v) is 4.29. The Bertz CT molecular complexity index is 1000. The van der Waals surface area contributed by atoms with Gasteiger partial charge in [0.05, 0.1) is 5.75 Å². The van der Waals surface area contributed by atoms with E-state index in [0.29, 0.717) is 11.7 Å². The van der Waals surface area contributed by atoms with E-state index in [9.17, 15) is 4.79 Å². The number of thioether (sulfide) groups is 1. The van der Waals surface area contributed by atoms with E-state index in [4.69, 9.17) is 0 Å². The van der Waals surface area contributed by atoms with Crippen LogP contribution in [-0.2, 0) is 4.79 Å². The number of anilines is 3. The van der Waals surface area contributed by atoms with Gasteiger partial charge in [0.15, 0.2) is 5.82 Å². The van der Waals surface area contributed by atoms with Gasteiger partial charge in [-0.15, -0.1) is 10.2 Å². The molecule has 3 aromatic rings. The van der Waals surface area contributed by atoms with Crippen molar-refractivity contribution in [3.05, 3.63) is 72.3 Å². The molecule has 0 atom stereocenters. The van der Waals surface area contributed by atoms with E-state index in [1.54, 1.807) is 0 Å². The molecule has 6 nitrogen and oxygen atoms in total. The number of carbonyl (C=O) groups is 1. The summed E-state index contributed by atoms with van der Waals surface area (Å²) in [5.74, 6) is 1.62. The summed E-state index contributed by atoms with van der Waals surface area (Å²) in [7, 11) is 0. The zero-order chi connectivity index (χ0) is 22.3. The third-order valence-corrected chi connectivity index (χ3v) is 6.48. The molecule has 2 heterocycles. The van der Waals surface area contributed by atoms with E-state index in [0.717, 1.165) is 42.7 Å². The Morgan fingerprint density at radius 2 is 1.59 bits per heavy atom. The van der Waals surface area contributed by atoms with E-state index in [-0.39, 0.29) is 5.91 Å². The molecule has 2 aromatic carbocycles. The predicted molar refractivity (Wildman–Crippen MR) is 133 cm³/mol. The van der Waals surface area contributed by atoms with Gasteiger partial charge in [-0.25, -0.2) is 0 Å². The van der Waals surface area contributed by atoms with Gasteiger partial charge in [-0.3, -0.25) is 4.79 Å². The van der Waals surface area contributed by atoms with Crippen molar-refractivity contribution in [2.45, 2.75) is 24.8 Å². The average molecular weight is 448 g/mol. The molecule has 0 radical (unpaired) electrons. The number of rotatable bonds is 7. The van der Waals surface area contributed by atoms with Crippen LogP contribution in [0.3, 0.4) is 0 Å². The van der Waals surface area contributed by atoms with Crippen LogP contribution in [-0.4, -0.2) is 48.0 Å². The highest BCUT2D eigenvalue weighted by atomic mass is 32.2. The highest BCUT2D eigenvalue weighted by Gasteiger charge is 2.18. The standard InChI is InChI=1S/C25H29N5OS/c1-19(2)20-8-10-21(11-9-20)26-24(31)18-32-25-13-12-23(27-28-25)30-16-14-29(15-17-30)22-6-4-3-5-7-22/h3-13,19H,14-18H2,1-2H3,(H,26,31). The van der Waals surface area contributed by atoms with Crippen molar-refractivity contribution in [1.29, 1.82) is 0 Å². The minimum Gasteiger partial charge on any atom is -0.368 e. The third-order valence-electron chi connectivity index (χ3n) is 5.56. The minimum atomic E-state index is -0.0461. The number of carbonyl (C=O) groups excluding carboxylic acids is 1. The van der Waals surface area contributed by atoms with Gasteiger partial charge in [-0.2, -0.15) is 0 Å². The first-order chi connectivity index (χ1) is 15.6. The zero-order valence-corrected chi connectivity index (χ0v) is 19.4. The topological polar surface area (TPSA) is 61.4 Å². The summed E-state index contributed by atoms with van der Waals surface area (Å²) < 4.78 is 0. The molecule has 4 rings (SSSR count). The van der Waals surface area contributed by atoms with Crippen molar-refractivity contribution >= 4 is 34.9 Å². The second-order valence-electron chi connectivity index (χ2n) is 8.15. The number of hydrogen-bond acceptors (Lipinski definition) is 6. The molecule has 1 aliphatic rings. The van der Waals surface area contributed by atoms with Crippen LogP contribution >= 0.6 is 11.8 Å². The number of aromatic nitrogens is 2. The molecule has 1 amide bonds. The molecule has 0 bridgehead atoms. The highest BCUT2D eigenvalue weighted by Crippen LogP contribution is 2.21. The van der Waals surface area contributed by atoms with Crippen LogP contribution in [0.15, 0.2) is 71.8 Å². The Kier molecular flexibility index (Phi) is 7.27. The average Bonchev–Trinajstić information content (AvgIpc) is 2.84. The van der Waals surface area contributed by atoms with E-state index < -0.39 is 0 Å². The van der Waals surface area contributed by atoms with Crippen molar-refractivity contribution in [2.24, 2.45) is 0 Å². The summed E-state index contributed by atoms with van der Waals surface area (Å²) in [6, 6.07) is 22.4. The van der Waals surface area contributed by atoms with Gasteiger partial charge in [0.2, 0.25) is 5.91 Å². The quantitative estimate of drug-likeness (QED) is 0.532. The predicted octanol–water partition coefficient (Wildman–Crippen LogP) is 4.66. The second-order valence-corrected chi connectivity index (χ2v) is 9.15.